The van der Waals surface area contributed by atoms with Crippen molar-refractivity contribution in [3.8, 4) is 5.75 Å². The van der Waals surface area contributed by atoms with Gasteiger partial charge >= 0.3 is 0 Å². The quantitative estimate of drug-likeness (QED) is 0.539. The molecule has 0 spiro atoms. The maximum absolute atomic E-state index is 13.6. The number of carbonyl (C=O) groups excluding carboxylic acids is 2. The summed E-state index contributed by atoms with van der Waals surface area (Å²) in [6.07, 6.45) is 5.10. The Labute approximate surface area is 208 Å². The highest BCUT2D eigenvalue weighted by Gasteiger charge is 2.31. The van der Waals surface area contributed by atoms with Crippen molar-refractivity contribution in [3.63, 3.8) is 0 Å². The molecule has 1 aliphatic rings. The Kier molecular flexibility index (Phi) is 8.77. The number of methoxy groups -OCH3 is 1. The van der Waals surface area contributed by atoms with Crippen LogP contribution in [-0.2, 0) is 26.2 Å². The minimum Gasteiger partial charge on any atom is -0.497 e. The average Bonchev–Trinajstić information content (AvgIpc) is 3.33. The first-order valence-electron chi connectivity index (χ1n) is 11.9. The normalized spacial score (nSPS) is 14.9. The molecule has 1 aliphatic carbocycles. The Morgan fingerprint density at radius 1 is 1.09 bits per heavy atom. The van der Waals surface area contributed by atoms with Gasteiger partial charge in [0.1, 0.15) is 18.3 Å². The number of amides is 2. The van der Waals surface area contributed by atoms with Crippen LogP contribution in [0, 0.1) is 6.92 Å². The fraction of sp³-hybridized carbons (Fsp3) is 0.462. The fourth-order valence-electron chi connectivity index (χ4n) is 4.34. The lowest BCUT2D eigenvalue weighted by Crippen LogP contribution is -2.52. The molecule has 2 aromatic rings. The molecule has 0 aliphatic heterocycles. The van der Waals surface area contributed by atoms with Crippen molar-refractivity contribution in [1.29, 1.82) is 0 Å². The zero-order valence-corrected chi connectivity index (χ0v) is 21.7. The molecule has 1 fully saturated rings. The maximum Gasteiger partial charge on any atom is 0.244 e. The third-order valence-electron chi connectivity index (χ3n) is 6.44. The van der Waals surface area contributed by atoms with Crippen LogP contribution < -0.4 is 14.4 Å². The van der Waals surface area contributed by atoms with Gasteiger partial charge in [0.2, 0.25) is 21.8 Å². The molecule has 1 unspecified atom stereocenters. The highest BCUT2D eigenvalue weighted by atomic mass is 32.2. The van der Waals surface area contributed by atoms with E-state index in [1.165, 1.54) is 4.90 Å². The van der Waals surface area contributed by atoms with E-state index in [4.69, 9.17) is 4.74 Å². The second-order valence-electron chi connectivity index (χ2n) is 9.09. The molecule has 0 heterocycles. The summed E-state index contributed by atoms with van der Waals surface area (Å²) in [5.41, 5.74) is 1.98. The molecule has 9 heteroatoms. The van der Waals surface area contributed by atoms with Crippen LogP contribution in [0.15, 0.2) is 48.5 Å². The van der Waals surface area contributed by atoms with Gasteiger partial charge in [-0.3, -0.25) is 13.9 Å². The molecule has 0 saturated heterocycles. The van der Waals surface area contributed by atoms with E-state index in [0.717, 1.165) is 47.4 Å². The van der Waals surface area contributed by atoms with Gasteiger partial charge in [-0.05, 0) is 56.0 Å². The molecule has 1 N–H and O–H groups in total. The monoisotopic (exact) mass is 501 g/mol. The molecule has 35 heavy (non-hydrogen) atoms. The molecule has 1 atom stereocenters. The Balaban J connectivity index is 1.88. The first-order valence-corrected chi connectivity index (χ1v) is 13.7. The van der Waals surface area contributed by atoms with Crippen LogP contribution in [0.1, 0.15) is 43.7 Å². The standard InChI is InChI=1S/C26H35N3O5S/c1-19-9-5-8-12-24(19)29(35(4,32)33)18-25(30)28(17-21-13-15-23(34-3)16-14-21)20(2)26(31)27-22-10-6-7-11-22/h5,8-9,12-16,20,22H,6-7,10-11,17-18H2,1-4H3,(H,27,31). The van der Waals surface area contributed by atoms with E-state index in [9.17, 15) is 18.0 Å². The number of hydrogen-bond donors (Lipinski definition) is 1. The summed E-state index contributed by atoms with van der Waals surface area (Å²) in [4.78, 5) is 28.1. The van der Waals surface area contributed by atoms with E-state index < -0.39 is 28.5 Å². The Morgan fingerprint density at radius 2 is 1.71 bits per heavy atom. The summed E-state index contributed by atoms with van der Waals surface area (Å²) in [6, 6.07) is 13.6. The van der Waals surface area contributed by atoms with Crippen molar-refractivity contribution in [2.24, 2.45) is 0 Å². The molecule has 1 saturated carbocycles. The van der Waals surface area contributed by atoms with E-state index >= 15 is 0 Å². The number of benzene rings is 2. The number of para-hydroxylation sites is 1. The molecule has 3 rings (SSSR count). The van der Waals surface area contributed by atoms with Crippen molar-refractivity contribution in [2.75, 3.05) is 24.2 Å². The number of nitrogens with one attached hydrogen (secondary N) is 1. The Bertz CT molecular complexity index is 1130. The predicted molar refractivity (Wildman–Crippen MR) is 137 cm³/mol. The largest absolute Gasteiger partial charge is 0.497 e. The molecule has 0 bridgehead atoms. The third kappa shape index (κ3) is 6.97. The molecule has 8 nitrogen and oxygen atoms in total. The van der Waals surface area contributed by atoms with Crippen molar-refractivity contribution >= 4 is 27.5 Å². The van der Waals surface area contributed by atoms with Gasteiger partial charge in [-0.15, -0.1) is 0 Å². The van der Waals surface area contributed by atoms with Crippen LogP contribution in [0.4, 0.5) is 5.69 Å². The second kappa shape index (κ2) is 11.6. The van der Waals surface area contributed by atoms with Crippen LogP contribution in [0.25, 0.3) is 0 Å². The molecular formula is C26H35N3O5S. The van der Waals surface area contributed by atoms with Gasteiger partial charge in [0.15, 0.2) is 0 Å². The molecule has 2 amide bonds. The summed E-state index contributed by atoms with van der Waals surface area (Å²) in [5, 5.41) is 3.06. The van der Waals surface area contributed by atoms with Gasteiger partial charge in [-0.2, -0.15) is 0 Å². The average molecular weight is 502 g/mol. The first kappa shape index (κ1) is 26.5. The molecule has 190 valence electrons. The van der Waals surface area contributed by atoms with Gasteiger partial charge in [0.25, 0.3) is 0 Å². The SMILES string of the molecule is COc1ccc(CN(C(=O)CN(c2ccccc2C)S(C)(=O)=O)C(C)C(=O)NC2CCCC2)cc1. The number of hydrogen-bond acceptors (Lipinski definition) is 5. The predicted octanol–water partition coefficient (Wildman–Crippen LogP) is 3.25. The lowest BCUT2D eigenvalue weighted by atomic mass is 10.1. The number of nitrogens with zero attached hydrogens (tertiary/aromatic N) is 2. The molecule has 0 aromatic heterocycles. The maximum atomic E-state index is 13.6. The van der Waals surface area contributed by atoms with Gasteiger partial charge < -0.3 is 15.0 Å². The van der Waals surface area contributed by atoms with Crippen LogP contribution in [0.5, 0.6) is 5.75 Å². The van der Waals surface area contributed by atoms with Crippen LogP contribution in [-0.4, -0.2) is 57.1 Å². The number of aryl methyl sites for hydroxylation is 1. The van der Waals surface area contributed by atoms with Crippen molar-refractivity contribution in [3.05, 3.63) is 59.7 Å². The third-order valence-corrected chi connectivity index (χ3v) is 7.57. The van der Waals surface area contributed by atoms with E-state index in [0.29, 0.717) is 11.4 Å². The number of carbonyl (C=O) groups is 2. The minimum atomic E-state index is -3.75. The Morgan fingerprint density at radius 3 is 2.29 bits per heavy atom. The lowest BCUT2D eigenvalue weighted by molar-refractivity contribution is -0.139. The summed E-state index contributed by atoms with van der Waals surface area (Å²) in [7, 11) is -2.17. The topological polar surface area (TPSA) is 96.0 Å². The summed E-state index contributed by atoms with van der Waals surface area (Å²) >= 11 is 0. The minimum absolute atomic E-state index is 0.113. The highest BCUT2D eigenvalue weighted by Crippen LogP contribution is 2.23. The van der Waals surface area contributed by atoms with E-state index in [-0.39, 0.29) is 18.5 Å². The van der Waals surface area contributed by atoms with Crippen LogP contribution in [0.2, 0.25) is 0 Å². The van der Waals surface area contributed by atoms with Crippen molar-refractivity contribution < 1.29 is 22.7 Å². The fourth-order valence-corrected chi connectivity index (χ4v) is 5.25. The van der Waals surface area contributed by atoms with Crippen LogP contribution in [0.3, 0.4) is 0 Å². The zero-order chi connectivity index (χ0) is 25.6. The second-order valence-corrected chi connectivity index (χ2v) is 11.0. The van der Waals surface area contributed by atoms with E-state index in [1.54, 1.807) is 51.3 Å². The summed E-state index contributed by atoms with van der Waals surface area (Å²) in [6.45, 7) is 3.24. The van der Waals surface area contributed by atoms with Gasteiger partial charge in [0.05, 0.1) is 19.1 Å². The molecule has 0 radical (unpaired) electrons. The Hall–Kier alpha value is -3.07. The summed E-state index contributed by atoms with van der Waals surface area (Å²) < 4.78 is 31.7. The number of sulfonamides is 1. The first-order chi connectivity index (χ1) is 16.6. The van der Waals surface area contributed by atoms with Crippen molar-refractivity contribution in [1.82, 2.24) is 10.2 Å². The zero-order valence-electron chi connectivity index (χ0n) is 20.9. The van der Waals surface area contributed by atoms with Gasteiger partial charge in [0, 0.05) is 12.6 Å². The van der Waals surface area contributed by atoms with Crippen LogP contribution >= 0.6 is 0 Å². The summed E-state index contributed by atoms with van der Waals surface area (Å²) in [5.74, 6) is -0.00872. The van der Waals surface area contributed by atoms with Gasteiger partial charge in [-0.25, -0.2) is 8.42 Å². The number of rotatable bonds is 10. The van der Waals surface area contributed by atoms with E-state index in [1.807, 2.05) is 18.2 Å². The number of ether oxygens (including phenoxy) is 1. The smallest absolute Gasteiger partial charge is 0.244 e. The highest BCUT2D eigenvalue weighted by molar-refractivity contribution is 7.92. The number of anilines is 1. The van der Waals surface area contributed by atoms with Gasteiger partial charge in [-0.1, -0.05) is 43.2 Å². The molecule has 2 aromatic carbocycles. The van der Waals surface area contributed by atoms with E-state index in [2.05, 4.69) is 5.32 Å². The van der Waals surface area contributed by atoms with Crippen molar-refractivity contribution in [2.45, 2.75) is 58.2 Å². The molecular weight excluding hydrogens is 466 g/mol. The lowest BCUT2D eigenvalue weighted by Gasteiger charge is -2.32.